The second kappa shape index (κ2) is 7.03. The Labute approximate surface area is 150 Å². The van der Waals surface area contributed by atoms with E-state index in [0.29, 0.717) is 17.9 Å². The highest BCUT2D eigenvalue weighted by Gasteiger charge is 2.26. The van der Waals surface area contributed by atoms with Crippen molar-refractivity contribution in [1.29, 1.82) is 0 Å². The van der Waals surface area contributed by atoms with Crippen LogP contribution in [0.4, 0.5) is 15.8 Å². The molecular weight excluding hydrogens is 333 g/mol. The molecule has 3 heterocycles. The summed E-state index contributed by atoms with van der Waals surface area (Å²) in [6.45, 7) is 1.48. The SMILES string of the molecule is O=C(Nc1ccc(F)cc1)C1CCCN(c2cnc3nccnc3c2)C1. The molecule has 1 aliphatic heterocycles. The van der Waals surface area contributed by atoms with E-state index in [4.69, 9.17) is 0 Å². The van der Waals surface area contributed by atoms with Crippen LogP contribution >= 0.6 is 0 Å². The molecule has 1 atom stereocenters. The number of rotatable bonds is 3. The summed E-state index contributed by atoms with van der Waals surface area (Å²) in [4.78, 5) is 27.5. The number of nitrogens with zero attached hydrogens (tertiary/aromatic N) is 4. The molecule has 1 N–H and O–H groups in total. The topological polar surface area (TPSA) is 71.0 Å². The largest absolute Gasteiger partial charge is 0.369 e. The quantitative estimate of drug-likeness (QED) is 0.785. The number of amides is 1. The average Bonchev–Trinajstić information content (AvgIpc) is 2.69. The number of hydrogen-bond donors (Lipinski definition) is 1. The third kappa shape index (κ3) is 3.46. The zero-order valence-corrected chi connectivity index (χ0v) is 14.1. The normalized spacial score (nSPS) is 17.3. The smallest absolute Gasteiger partial charge is 0.229 e. The Bertz CT molecular complexity index is 931. The summed E-state index contributed by atoms with van der Waals surface area (Å²) in [6, 6.07) is 7.77. The number of aromatic nitrogens is 3. The number of pyridine rings is 1. The van der Waals surface area contributed by atoms with Crippen LogP contribution in [0.25, 0.3) is 11.2 Å². The van der Waals surface area contributed by atoms with E-state index in [1.165, 1.54) is 12.1 Å². The predicted octanol–water partition coefficient (Wildman–Crippen LogP) is 3.02. The number of halogens is 1. The van der Waals surface area contributed by atoms with Crippen molar-refractivity contribution in [3.63, 3.8) is 0 Å². The van der Waals surface area contributed by atoms with Crippen LogP contribution in [-0.2, 0) is 4.79 Å². The third-order valence-electron chi connectivity index (χ3n) is 4.58. The average molecular weight is 351 g/mol. The first-order valence-electron chi connectivity index (χ1n) is 8.57. The van der Waals surface area contributed by atoms with Crippen molar-refractivity contribution in [2.45, 2.75) is 12.8 Å². The molecule has 6 nitrogen and oxygen atoms in total. The Balaban J connectivity index is 1.47. The molecule has 0 spiro atoms. The fourth-order valence-corrected chi connectivity index (χ4v) is 3.22. The summed E-state index contributed by atoms with van der Waals surface area (Å²) >= 11 is 0. The molecule has 1 unspecified atom stereocenters. The van der Waals surface area contributed by atoms with Crippen LogP contribution in [0.15, 0.2) is 48.9 Å². The van der Waals surface area contributed by atoms with Crippen molar-refractivity contribution in [2.24, 2.45) is 5.92 Å². The molecule has 132 valence electrons. The van der Waals surface area contributed by atoms with Gasteiger partial charge in [0.25, 0.3) is 0 Å². The first-order valence-corrected chi connectivity index (χ1v) is 8.57. The van der Waals surface area contributed by atoms with Gasteiger partial charge in [0, 0.05) is 31.2 Å². The van der Waals surface area contributed by atoms with Gasteiger partial charge in [0.15, 0.2) is 5.65 Å². The van der Waals surface area contributed by atoms with Crippen molar-refractivity contribution in [3.05, 3.63) is 54.7 Å². The summed E-state index contributed by atoms with van der Waals surface area (Å²) in [5.41, 5.74) is 2.90. The minimum absolute atomic E-state index is 0.0464. The lowest BCUT2D eigenvalue weighted by Gasteiger charge is -2.33. The Morgan fingerprint density at radius 1 is 1.15 bits per heavy atom. The van der Waals surface area contributed by atoms with Crippen LogP contribution in [0.3, 0.4) is 0 Å². The lowest BCUT2D eigenvalue weighted by molar-refractivity contribution is -0.120. The lowest BCUT2D eigenvalue weighted by Crippen LogP contribution is -2.40. The first kappa shape index (κ1) is 16.4. The maximum absolute atomic E-state index is 13.0. The van der Waals surface area contributed by atoms with E-state index >= 15 is 0 Å². The van der Waals surface area contributed by atoms with Crippen LogP contribution in [0, 0.1) is 11.7 Å². The highest BCUT2D eigenvalue weighted by Crippen LogP contribution is 2.25. The van der Waals surface area contributed by atoms with Crippen LogP contribution in [-0.4, -0.2) is 33.9 Å². The fraction of sp³-hybridized carbons (Fsp3) is 0.263. The van der Waals surface area contributed by atoms with Gasteiger partial charge in [-0.3, -0.25) is 9.78 Å². The van der Waals surface area contributed by atoms with Crippen LogP contribution in [0.5, 0.6) is 0 Å². The van der Waals surface area contributed by atoms with Crippen molar-refractivity contribution in [3.8, 4) is 0 Å². The van der Waals surface area contributed by atoms with Crippen molar-refractivity contribution < 1.29 is 9.18 Å². The molecule has 1 aromatic carbocycles. The number of anilines is 2. The molecular formula is C19H18FN5O. The van der Waals surface area contributed by atoms with E-state index in [2.05, 4.69) is 25.2 Å². The molecule has 0 saturated carbocycles. The molecule has 1 saturated heterocycles. The summed E-state index contributed by atoms with van der Waals surface area (Å²) in [5.74, 6) is -0.500. The van der Waals surface area contributed by atoms with E-state index in [1.54, 1.807) is 30.7 Å². The molecule has 2 aromatic heterocycles. The third-order valence-corrected chi connectivity index (χ3v) is 4.58. The van der Waals surface area contributed by atoms with Gasteiger partial charge in [-0.25, -0.2) is 14.4 Å². The van der Waals surface area contributed by atoms with Crippen molar-refractivity contribution in [1.82, 2.24) is 15.0 Å². The van der Waals surface area contributed by atoms with Gasteiger partial charge in [-0.15, -0.1) is 0 Å². The van der Waals surface area contributed by atoms with Gasteiger partial charge >= 0.3 is 0 Å². The van der Waals surface area contributed by atoms with Gasteiger partial charge < -0.3 is 10.2 Å². The Morgan fingerprint density at radius 3 is 2.81 bits per heavy atom. The Kier molecular flexibility index (Phi) is 4.43. The monoisotopic (exact) mass is 351 g/mol. The standard InChI is InChI=1S/C19H18FN5O/c20-14-3-5-15(6-4-14)24-19(26)13-2-1-9-25(12-13)16-10-17-18(23-11-16)22-8-7-21-17/h3-8,10-11,13H,1-2,9,12H2,(H,24,26). The molecule has 1 fully saturated rings. The van der Waals surface area contributed by atoms with Gasteiger partial charge in [0.1, 0.15) is 11.3 Å². The lowest BCUT2D eigenvalue weighted by atomic mass is 9.96. The maximum atomic E-state index is 13.0. The number of carbonyl (C=O) groups is 1. The van der Waals surface area contributed by atoms with Gasteiger partial charge in [-0.05, 0) is 43.2 Å². The molecule has 0 radical (unpaired) electrons. The second-order valence-corrected chi connectivity index (χ2v) is 6.37. The summed E-state index contributed by atoms with van der Waals surface area (Å²) in [7, 11) is 0. The number of hydrogen-bond acceptors (Lipinski definition) is 5. The Hall–Kier alpha value is -3.09. The van der Waals surface area contributed by atoms with Gasteiger partial charge in [0.2, 0.25) is 5.91 Å². The molecule has 4 rings (SSSR count). The molecule has 0 aliphatic carbocycles. The minimum atomic E-state index is -0.321. The van der Waals surface area contributed by atoms with E-state index in [1.807, 2.05) is 6.07 Å². The number of nitrogens with one attached hydrogen (secondary N) is 1. The highest BCUT2D eigenvalue weighted by molar-refractivity contribution is 5.93. The first-order chi connectivity index (χ1) is 12.7. The number of carbonyl (C=O) groups excluding carboxylic acids is 1. The number of fused-ring (bicyclic) bond motifs is 1. The summed E-state index contributed by atoms with van der Waals surface area (Å²) < 4.78 is 13.0. The molecule has 1 aliphatic rings. The summed E-state index contributed by atoms with van der Waals surface area (Å²) in [5, 5.41) is 2.87. The maximum Gasteiger partial charge on any atom is 0.229 e. The van der Waals surface area contributed by atoms with Gasteiger partial charge in [-0.2, -0.15) is 0 Å². The zero-order chi connectivity index (χ0) is 17.9. The number of benzene rings is 1. The van der Waals surface area contributed by atoms with Crippen LogP contribution in [0.1, 0.15) is 12.8 Å². The predicted molar refractivity (Wildman–Crippen MR) is 97.3 cm³/mol. The molecule has 7 heteroatoms. The van der Waals surface area contributed by atoms with E-state index in [0.717, 1.165) is 30.6 Å². The second-order valence-electron chi connectivity index (χ2n) is 6.37. The van der Waals surface area contributed by atoms with Crippen LogP contribution < -0.4 is 10.2 Å². The molecule has 1 amide bonds. The van der Waals surface area contributed by atoms with Crippen molar-refractivity contribution in [2.75, 3.05) is 23.3 Å². The van der Waals surface area contributed by atoms with Gasteiger partial charge in [-0.1, -0.05) is 0 Å². The molecule has 0 bridgehead atoms. The minimum Gasteiger partial charge on any atom is -0.369 e. The van der Waals surface area contributed by atoms with Gasteiger partial charge in [0.05, 0.1) is 17.8 Å². The fourth-order valence-electron chi connectivity index (χ4n) is 3.22. The van der Waals surface area contributed by atoms with Crippen molar-refractivity contribution >= 4 is 28.4 Å². The Morgan fingerprint density at radius 2 is 1.96 bits per heavy atom. The molecule has 3 aromatic rings. The number of piperidine rings is 1. The summed E-state index contributed by atoms with van der Waals surface area (Å²) in [6.07, 6.45) is 6.77. The zero-order valence-electron chi connectivity index (χ0n) is 14.1. The van der Waals surface area contributed by atoms with E-state index < -0.39 is 0 Å². The highest BCUT2D eigenvalue weighted by atomic mass is 19.1. The van der Waals surface area contributed by atoms with E-state index in [-0.39, 0.29) is 17.6 Å². The molecule has 26 heavy (non-hydrogen) atoms. The van der Waals surface area contributed by atoms with E-state index in [9.17, 15) is 9.18 Å². The van der Waals surface area contributed by atoms with Crippen LogP contribution in [0.2, 0.25) is 0 Å².